The van der Waals surface area contributed by atoms with E-state index >= 15 is 0 Å². The van der Waals surface area contributed by atoms with E-state index in [-0.39, 0.29) is 23.9 Å². The number of ether oxygens (including phenoxy) is 2. The van der Waals surface area contributed by atoms with Gasteiger partial charge in [-0.05, 0) is 36.8 Å². The third-order valence-corrected chi connectivity index (χ3v) is 12.5. The lowest BCUT2D eigenvalue weighted by molar-refractivity contribution is -0.135. The largest absolute Gasteiger partial charge is 0.453 e. The quantitative estimate of drug-likeness (QED) is 0.111. The van der Waals surface area contributed by atoms with Crippen LogP contribution in [-0.2, 0) is 19.1 Å². The molecule has 298 valence electrons. The minimum Gasteiger partial charge on any atom is -0.453 e. The molecule has 0 bridgehead atoms. The lowest BCUT2D eigenvalue weighted by atomic mass is 10.1. The van der Waals surface area contributed by atoms with Crippen LogP contribution in [0.4, 0.5) is 9.59 Å². The van der Waals surface area contributed by atoms with Crippen molar-refractivity contribution in [1.29, 1.82) is 0 Å². The number of methoxy groups -OCH3 is 2. The lowest BCUT2D eigenvalue weighted by Crippen LogP contribution is -2.42. The summed E-state index contributed by atoms with van der Waals surface area (Å²) in [5.41, 5.74) is 2.78. The predicted octanol–water partition coefficient (Wildman–Crippen LogP) is 6.57. The number of aromatic nitrogens is 6. The average Bonchev–Trinajstić information content (AvgIpc) is 4.11. The number of imidazole rings is 2. The second kappa shape index (κ2) is 17.0. The molecule has 2 fully saturated rings. The van der Waals surface area contributed by atoms with Crippen LogP contribution in [-0.4, -0.2) is 91.0 Å². The first-order valence-corrected chi connectivity index (χ1v) is 20.4. The number of alkyl carbamates (subject to hydrolysis) is 2. The van der Waals surface area contributed by atoms with E-state index in [4.69, 9.17) is 9.47 Å². The molecule has 6 heterocycles. The van der Waals surface area contributed by atoms with Crippen molar-refractivity contribution in [2.24, 2.45) is 0 Å². The lowest BCUT2D eigenvalue weighted by Gasteiger charge is -2.28. The van der Waals surface area contributed by atoms with Gasteiger partial charge in [0.2, 0.25) is 0 Å². The smallest absolute Gasteiger partial charge is 0.407 e. The maximum atomic E-state index is 13.9. The van der Waals surface area contributed by atoms with Crippen molar-refractivity contribution < 1.29 is 28.7 Å². The Morgan fingerprint density at radius 3 is 1.45 bits per heavy atom. The van der Waals surface area contributed by atoms with E-state index in [0.29, 0.717) is 35.9 Å². The van der Waals surface area contributed by atoms with Crippen LogP contribution in [0.5, 0.6) is 0 Å². The van der Waals surface area contributed by atoms with Crippen LogP contribution in [0.1, 0.15) is 72.6 Å². The van der Waals surface area contributed by atoms with E-state index in [2.05, 4.69) is 40.5 Å². The van der Waals surface area contributed by atoms with Crippen molar-refractivity contribution in [3.05, 3.63) is 108 Å². The van der Waals surface area contributed by atoms with E-state index in [1.165, 1.54) is 36.9 Å². The van der Waals surface area contributed by atoms with Gasteiger partial charge >= 0.3 is 12.2 Å². The number of benzene rings is 2. The highest BCUT2D eigenvalue weighted by atomic mass is 32.1. The molecule has 4 N–H and O–H groups in total. The van der Waals surface area contributed by atoms with E-state index in [1.807, 2.05) is 36.4 Å². The molecule has 2 aliphatic heterocycles. The van der Waals surface area contributed by atoms with Gasteiger partial charge < -0.3 is 39.9 Å². The fourth-order valence-corrected chi connectivity index (χ4v) is 9.26. The number of nitrogens with one attached hydrogen (secondary N) is 4. The summed E-state index contributed by atoms with van der Waals surface area (Å²) in [4.78, 5) is 83.1. The maximum Gasteiger partial charge on any atom is 0.407 e. The number of rotatable bonds is 11. The van der Waals surface area contributed by atoms with Crippen molar-refractivity contribution >= 4 is 46.7 Å². The molecule has 16 nitrogen and oxygen atoms in total. The summed E-state index contributed by atoms with van der Waals surface area (Å²) in [6.45, 7) is 1.05. The van der Waals surface area contributed by atoms with Gasteiger partial charge in [-0.25, -0.2) is 29.5 Å². The summed E-state index contributed by atoms with van der Waals surface area (Å²) in [6.07, 6.45) is 8.72. The average molecular weight is 821 g/mol. The topological polar surface area (TPSA) is 200 Å². The van der Waals surface area contributed by atoms with Crippen LogP contribution in [0.2, 0.25) is 0 Å². The Balaban J connectivity index is 0.952. The first-order chi connectivity index (χ1) is 28.3. The van der Waals surface area contributed by atoms with Crippen molar-refractivity contribution in [3.63, 3.8) is 0 Å². The second-order valence-electron chi connectivity index (χ2n) is 13.8. The van der Waals surface area contributed by atoms with Gasteiger partial charge in [0, 0.05) is 25.5 Å². The molecule has 6 aromatic rings. The van der Waals surface area contributed by atoms with Gasteiger partial charge in [-0.1, -0.05) is 60.7 Å². The third kappa shape index (κ3) is 7.92. The number of likely N-dealkylation sites (tertiary alicyclic amines) is 2. The Labute approximate surface area is 341 Å². The number of hydrogen-bond donors (Lipinski definition) is 4. The first kappa shape index (κ1) is 38.5. The minimum atomic E-state index is -0.904. The maximum absolute atomic E-state index is 13.9. The van der Waals surface area contributed by atoms with E-state index in [0.717, 1.165) is 56.8 Å². The van der Waals surface area contributed by atoms with Crippen molar-refractivity contribution in [3.8, 4) is 31.2 Å². The highest BCUT2D eigenvalue weighted by molar-refractivity contribution is 7.24. The van der Waals surface area contributed by atoms with Crippen molar-refractivity contribution in [2.45, 2.75) is 49.9 Å². The van der Waals surface area contributed by atoms with Crippen LogP contribution in [0.3, 0.4) is 0 Å². The van der Waals surface area contributed by atoms with Crippen LogP contribution in [0, 0.1) is 0 Å². The van der Waals surface area contributed by atoms with E-state index in [9.17, 15) is 19.2 Å². The van der Waals surface area contributed by atoms with E-state index < -0.39 is 24.3 Å². The number of carbonyl (C=O) groups excluding carboxylic acids is 4. The third-order valence-electron chi connectivity index (χ3n) is 10.3. The fourth-order valence-electron chi connectivity index (χ4n) is 7.44. The second-order valence-corrected chi connectivity index (χ2v) is 15.8. The number of thiazole rings is 2. The molecule has 4 aromatic heterocycles. The zero-order valence-electron chi connectivity index (χ0n) is 31.6. The molecular weight excluding hydrogens is 781 g/mol. The Hall–Kier alpha value is -6.40. The molecule has 8 rings (SSSR count). The fraction of sp³-hybridized carbons (Fsp3) is 0.300. The molecule has 0 radical (unpaired) electrons. The van der Waals surface area contributed by atoms with Crippen molar-refractivity contribution in [1.82, 2.24) is 50.3 Å². The normalized spacial score (nSPS) is 17.5. The number of H-pyrrole nitrogens is 2. The molecule has 4 amide bonds. The first-order valence-electron chi connectivity index (χ1n) is 18.7. The zero-order valence-corrected chi connectivity index (χ0v) is 33.2. The monoisotopic (exact) mass is 820 g/mol. The van der Waals surface area contributed by atoms with Gasteiger partial charge in [0.15, 0.2) is 0 Å². The Morgan fingerprint density at radius 1 is 0.638 bits per heavy atom. The summed E-state index contributed by atoms with van der Waals surface area (Å²) in [7, 11) is 2.54. The summed E-state index contributed by atoms with van der Waals surface area (Å²) < 4.78 is 9.64. The highest BCUT2D eigenvalue weighted by Gasteiger charge is 2.38. The van der Waals surface area contributed by atoms with Crippen molar-refractivity contribution in [2.75, 3.05) is 27.3 Å². The number of nitrogens with zero attached hydrogens (tertiary/aromatic N) is 6. The van der Waals surface area contributed by atoms with Gasteiger partial charge in [-0.15, -0.1) is 22.7 Å². The van der Waals surface area contributed by atoms with Crippen LogP contribution in [0.15, 0.2) is 85.5 Å². The molecule has 0 aliphatic carbocycles. The summed E-state index contributed by atoms with van der Waals surface area (Å²) in [5, 5.41) is 6.87. The SMILES string of the molecule is COC(=O)N[C@@H](C(=O)N1CCC[C@@H]1c1ncc(-c2ncc(-c3cnc(-c4cnc([C@H]5CCCN5C(=O)[C@H](NC(=O)OC)c5ccccc5)[nH]4)s3)s2)[nH]1)c1ccccc1. The summed E-state index contributed by atoms with van der Waals surface area (Å²) in [6, 6.07) is 15.8. The predicted molar refractivity (Wildman–Crippen MR) is 215 cm³/mol. The Bertz CT molecular complexity index is 2230. The number of amides is 4. The minimum absolute atomic E-state index is 0.238. The van der Waals surface area contributed by atoms with Crippen LogP contribution >= 0.6 is 22.7 Å². The molecule has 58 heavy (non-hydrogen) atoms. The standard InChI is InChI=1S/C40H40N10O6S2/c1-55-39(53)47-31(23-11-5-3-6-12-23)37(51)49-17-9-15-27(49)33-41-19-25(45-33)35-43-21-29(57-35)30-22-44-36(58-30)26-20-42-34(46-26)28-16-10-18-50(28)38(52)32(48-40(54)56-2)24-13-7-4-8-14-24/h3-8,11-14,19-22,27-28,31-32H,9-10,15-18H2,1-2H3,(H,41,45)(H,42,46)(H,47,53)(H,48,54)/t27-,28-,31-,32-/m1/s1. The van der Waals surface area contributed by atoms with Crippen LogP contribution < -0.4 is 10.6 Å². The summed E-state index contributed by atoms with van der Waals surface area (Å²) >= 11 is 2.99. The molecule has 2 saturated heterocycles. The van der Waals surface area contributed by atoms with Gasteiger partial charge in [0.1, 0.15) is 33.7 Å². The molecule has 2 aliphatic rings. The van der Waals surface area contributed by atoms with Gasteiger partial charge in [0.05, 0.1) is 59.8 Å². The zero-order chi connectivity index (χ0) is 40.2. The van der Waals surface area contributed by atoms with Gasteiger partial charge in [-0.3, -0.25) is 9.59 Å². The molecule has 0 saturated carbocycles. The summed E-state index contributed by atoms with van der Waals surface area (Å²) in [5.74, 6) is 0.821. The molecule has 0 unspecified atom stereocenters. The van der Waals surface area contributed by atoms with E-state index in [1.54, 1.807) is 58.9 Å². The number of carbonyl (C=O) groups is 4. The Morgan fingerprint density at radius 2 is 1.05 bits per heavy atom. The molecule has 4 atom stereocenters. The van der Waals surface area contributed by atoms with Gasteiger partial charge in [-0.2, -0.15) is 0 Å². The molecule has 18 heteroatoms. The van der Waals surface area contributed by atoms with Crippen LogP contribution in [0.25, 0.3) is 31.2 Å². The van der Waals surface area contributed by atoms with Gasteiger partial charge in [0.25, 0.3) is 11.8 Å². The number of aromatic amines is 2. The molecular formula is C40H40N10O6S2. The number of hydrogen-bond acceptors (Lipinski definition) is 12. The Kier molecular flexibility index (Phi) is 11.3. The molecule has 2 aromatic carbocycles. The highest BCUT2D eigenvalue weighted by Crippen LogP contribution is 2.40. The molecule has 0 spiro atoms.